The van der Waals surface area contributed by atoms with E-state index in [1.165, 1.54) is 24.8 Å². The topological polar surface area (TPSA) is 50.9 Å². The Hall–Kier alpha value is -0.930. The largest absolute Gasteiger partial charge is 0.326 e. The molecule has 1 aliphatic carbocycles. The average molecular weight is 205 g/mol. The molecule has 0 spiro atoms. The van der Waals surface area contributed by atoms with Crippen molar-refractivity contribution in [1.82, 2.24) is 10.3 Å². The van der Waals surface area contributed by atoms with Crippen LogP contribution in [-0.4, -0.2) is 17.1 Å². The molecule has 0 radical (unpaired) electrons. The molecule has 3 N–H and O–H groups in total. The molecule has 3 heteroatoms. The van der Waals surface area contributed by atoms with E-state index < -0.39 is 0 Å². The standard InChI is InChI=1S/C12H19N3/c13-11-3-1-2-4-12(11)15-9-10-5-7-14-8-6-10/h5-8,11-12,15H,1-4,9,13H2/t11-,12+/m0/s1. The number of nitrogens with two attached hydrogens (primary N) is 1. The van der Waals surface area contributed by atoms with Crippen LogP contribution in [0.4, 0.5) is 0 Å². The van der Waals surface area contributed by atoms with Gasteiger partial charge in [0, 0.05) is 31.0 Å². The van der Waals surface area contributed by atoms with Crippen molar-refractivity contribution in [2.24, 2.45) is 5.73 Å². The average Bonchev–Trinajstić information content (AvgIpc) is 2.29. The fraction of sp³-hybridized carbons (Fsp3) is 0.583. The molecule has 0 saturated heterocycles. The van der Waals surface area contributed by atoms with E-state index in [4.69, 9.17) is 5.73 Å². The molecular weight excluding hydrogens is 186 g/mol. The summed E-state index contributed by atoms with van der Waals surface area (Å²) in [6.07, 6.45) is 8.63. The summed E-state index contributed by atoms with van der Waals surface area (Å²) in [6.45, 7) is 0.904. The summed E-state index contributed by atoms with van der Waals surface area (Å²) in [7, 11) is 0. The molecule has 0 bridgehead atoms. The minimum Gasteiger partial charge on any atom is -0.326 e. The van der Waals surface area contributed by atoms with E-state index in [1.807, 2.05) is 24.5 Å². The van der Waals surface area contributed by atoms with E-state index >= 15 is 0 Å². The predicted molar refractivity (Wildman–Crippen MR) is 61.3 cm³/mol. The maximum atomic E-state index is 6.07. The summed E-state index contributed by atoms with van der Waals surface area (Å²) in [5.41, 5.74) is 7.35. The van der Waals surface area contributed by atoms with Gasteiger partial charge in [-0.25, -0.2) is 0 Å². The van der Waals surface area contributed by atoms with Gasteiger partial charge in [0.2, 0.25) is 0 Å². The lowest BCUT2D eigenvalue weighted by Crippen LogP contribution is -2.46. The van der Waals surface area contributed by atoms with Crippen LogP contribution in [0.5, 0.6) is 0 Å². The Bertz CT molecular complexity index is 286. The molecule has 82 valence electrons. The lowest BCUT2D eigenvalue weighted by Gasteiger charge is -2.29. The van der Waals surface area contributed by atoms with Crippen molar-refractivity contribution in [1.29, 1.82) is 0 Å². The summed E-state index contributed by atoms with van der Waals surface area (Å²) >= 11 is 0. The van der Waals surface area contributed by atoms with Gasteiger partial charge < -0.3 is 11.1 Å². The van der Waals surface area contributed by atoms with E-state index in [0.29, 0.717) is 12.1 Å². The number of rotatable bonds is 3. The van der Waals surface area contributed by atoms with Gasteiger partial charge in [0.05, 0.1) is 0 Å². The van der Waals surface area contributed by atoms with Crippen LogP contribution in [0.2, 0.25) is 0 Å². The van der Waals surface area contributed by atoms with Gasteiger partial charge in [0.1, 0.15) is 0 Å². The van der Waals surface area contributed by atoms with E-state index in [9.17, 15) is 0 Å². The van der Waals surface area contributed by atoms with Crippen molar-refractivity contribution >= 4 is 0 Å². The van der Waals surface area contributed by atoms with Crippen molar-refractivity contribution in [2.45, 2.75) is 44.3 Å². The van der Waals surface area contributed by atoms with Gasteiger partial charge in [-0.2, -0.15) is 0 Å². The second kappa shape index (κ2) is 5.24. The van der Waals surface area contributed by atoms with Crippen LogP contribution >= 0.6 is 0 Å². The van der Waals surface area contributed by atoms with Crippen LogP contribution in [-0.2, 0) is 6.54 Å². The third-order valence-corrected chi connectivity index (χ3v) is 3.14. The summed E-state index contributed by atoms with van der Waals surface area (Å²) in [4.78, 5) is 4.00. The smallest absolute Gasteiger partial charge is 0.0271 e. The highest BCUT2D eigenvalue weighted by molar-refractivity contribution is 5.09. The first kappa shape index (κ1) is 10.6. The Balaban J connectivity index is 1.82. The Kier molecular flexibility index (Phi) is 3.69. The third kappa shape index (κ3) is 3.01. The number of aromatic nitrogens is 1. The lowest BCUT2D eigenvalue weighted by atomic mass is 9.91. The molecule has 0 amide bonds. The quantitative estimate of drug-likeness (QED) is 0.785. The van der Waals surface area contributed by atoms with Crippen molar-refractivity contribution in [3.05, 3.63) is 30.1 Å². The second-order valence-corrected chi connectivity index (χ2v) is 4.29. The van der Waals surface area contributed by atoms with E-state index in [-0.39, 0.29) is 0 Å². The molecular formula is C12H19N3. The SMILES string of the molecule is N[C@H]1CCCC[C@H]1NCc1ccncc1. The highest BCUT2D eigenvalue weighted by atomic mass is 15.0. The molecule has 0 aromatic carbocycles. The molecule has 1 heterocycles. The van der Waals surface area contributed by atoms with Gasteiger partial charge in [-0.3, -0.25) is 4.98 Å². The monoisotopic (exact) mass is 205 g/mol. The fourth-order valence-electron chi connectivity index (χ4n) is 2.16. The Morgan fingerprint density at radius 3 is 2.73 bits per heavy atom. The van der Waals surface area contributed by atoms with Crippen molar-refractivity contribution in [2.75, 3.05) is 0 Å². The highest BCUT2D eigenvalue weighted by Crippen LogP contribution is 2.17. The molecule has 0 aliphatic heterocycles. The second-order valence-electron chi connectivity index (χ2n) is 4.29. The van der Waals surface area contributed by atoms with Gasteiger partial charge >= 0.3 is 0 Å². The number of nitrogens with one attached hydrogen (secondary N) is 1. The molecule has 1 fully saturated rings. The zero-order chi connectivity index (χ0) is 10.5. The Morgan fingerprint density at radius 1 is 1.27 bits per heavy atom. The molecule has 3 nitrogen and oxygen atoms in total. The van der Waals surface area contributed by atoms with Crippen molar-refractivity contribution in [3.8, 4) is 0 Å². The van der Waals surface area contributed by atoms with Crippen LogP contribution in [0.15, 0.2) is 24.5 Å². The molecule has 1 aromatic rings. The van der Waals surface area contributed by atoms with Gasteiger partial charge in [-0.05, 0) is 30.5 Å². The molecule has 1 aliphatic rings. The number of hydrogen-bond donors (Lipinski definition) is 2. The molecule has 2 atom stereocenters. The van der Waals surface area contributed by atoms with Gasteiger partial charge in [-0.15, -0.1) is 0 Å². The minimum atomic E-state index is 0.334. The van der Waals surface area contributed by atoms with Gasteiger partial charge in [-0.1, -0.05) is 12.8 Å². The van der Waals surface area contributed by atoms with E-state index in [2.05, 4.69) is 10.3 Å². The van der Waals surface area contributed by atoms with Crippen LogP contribution in [0.1, 0.15) is 31.2 Å². The lowest BCUT2D eigenvalue weighted by molar-refractivity contribution is 0.326. The number of nitrogens with zero attached hydrogens (tertiary/aromatic N) is 1. The number of pyridine rings is 1. The van der Waals surface area contributed by atoms with Crippen molar-refractivity contribution in [3.63, 3.8) is 0 Å². The minimum absolute atomic E-state index is 0.334. The third-order valence-electron chi connectivity index (χ3n) is 3.14. The van der Waals surface area contributed by atoms with Gasteiger partial charge in [0.25, 0.3) is 0 Å². The fourth-order valence-corrected chi connectivity index (χ4v) is 2.16. The van der Waals surface area contributed by atoms with Crippen molar-refractivity contribution < 1.29 is 0 Å². The zero-order valence-electron chi connectivity index (χ0n) is 9.02. The number of hydrogen-bond acceptors (Lipinski definition) is 3. The van der Waals surface area contributed by atoms with Crippen LogP contribution in [0, 0.1) is 0 Å². The summed E-state index contributed by atoms with van der Waals surface area (Å²) in [5, 5.41) is 3.53. The predicted octanol–water partition coefficient (Wildman–Crippen LogP) is 1.44. The molecule has 1 aromatic heterocycles. The van der Waals surface area contributed by atoms with Crippen LogP contribution in [0.3, 0.4) is 0 Å². The summed E-state index contributed by atoms with van der Waals surface area (Å²) < 4.78 is 0. The van der Waals surface area contributed by atoms with Crippen LogP contribution in [0.25, 0.3) is 0 Å². The van der Waals surface area contributed by atoms with Gasteiger partial charge in [0.15, 0.2) is 0 Å². The van der Waals surface area contributed by atoms with E-state index in [1.54, 1.807) is 0 Å². The normalized spacial score (nSPS) is 26.5. The maximum absolute atomic E-state index is 6.07. The Labute approximate surface area is 91.1 Å². The summed E-state index contributed by atoms with van der Waals surface area (Å²) in [5.74, 6) is 0. The molecule has 15 heavy (non-hydrogen) atoms. The maximum Gasteiger partial charge on any atom is 0.0271 e. The zero-order valence-corrected chi connectivity index (χ0v) is 9.02. The first-order chi connectivity index (χ1) is 7.36. The molecule has 0 unspecified atom stereocenters. The summed E-state index contributed by atoms with van der Waals surface area (Å²) in [6, 6.07) is 4.91. The first-order valence-electron chi connectivity index (χ1n) is 5.74. The molecule has 1 saturated carbocycles. The highest BCUT2D eigenvalue weighted by Gasteiger charge is 2.20. The van der Waals surface area contributed by atoms with E-state index in [0.717, 1.165) is 13.0 Å². The first-order valence-corrected chi connectivity index (χ1v) is 5.74. The van der Waals surface area contributed by atoms with Crippen LogP contribution < -0.4 is 11.1 Å². The Morgan fingerprint density at radius 2 is 2.00 bits per heavy atom. The molecule has 2 rings (SSSR count).